The van der Waals surface area contributed by atoms with Crippen molar-refractivity contribution in [1.29, 1.82) is 0 Å². The molecule has 3 heteroatoms. The first-order chi connectivity index (χ1) is 9.54. The lowest BCUT2D eigenvalue weighted by molar-refractivity contribution is 0.296. The second-order valence-corrected chi connectivity index (χ2v) is 6.60. The van der Waals surface area contributed by atoms with Gasteiger partial charge in [0.05, 0.1) is 11.1 Å². The molecule has 1 aromatic rings. The van der Waals surface area contributed by atoms with Gasteiger partial charge in [0.25, 0.3) is 0 Å². The third kappa shape index (κ3) is 6.27. The van der Waals surface area contributed by atoms with Crippen molar-refractivity contribution in [2.24, 2.45) is 5.92 Å². The minimum atomic E-state index is 0.376. The molecule has 1 aromatic carbocycles. The lowest BCUT2D eigenvalue weighted by Crippen LogP contribution is -2.19. The summed E-state index contributed by atoms with van der Waals surface area (Å²) in [5.41, 5.74) is 1.29. The number of halogens is 1. The van der Waals surface area contributed by atoms with E-state index in [0.29, 0.717) is 6.04 Å². The van der Waals surface area contributed by atoms with Gasteiger partial charge in [-0.1, -0.05) is 26.8 Å². The fourth-order valence-electron chi connectivity index (χ4n) is 2.06. The molecule has 0 aliphatic carbocycles. The van der Waals surface area contributed by atoms with Crippen LogP contribution >= 0.6 is 15.9 Å². The Morgan fingerprint density at radius 2 is 2.00 bits per heavy atom. The molecular formula is C17H28BrNO. The van der Waals surface area contributed by atoms with Crippen LogP contribution in [0.1, 0.15) is 58.6 Å². The molecule has 0 fully saturated rings. The van der Waals surface area contributed by atoms with Gasteiger partial charge in [-0.2, -0.15) is 0 Å². The Labute approximate surface area is 132 Å². The standard InChI is InChI=1S/C17H28BrNO/c1-5-10-19-14(4)15-8-9-17(16(18)12-15)20-11-6-7-13(2)3/h8-9,12-14,19H,5-7,10-11H2,1-4H3. The van der Waals surface area contributed by atoms with Crippen LogP contribution in [-0.2, 0) is 0 Å². The average Bonchev–Trinajstić information content (AvgIpc) is 2.42. The lowest BCUT2D eigenvalue weighted by atomic mass is 10.1. The van der Waals surface area contributed by atoms with Crippen LogP contribution in [0.2, 0.25) is 0 Å². The number of benzene rings is 1. The van der Waals surface area contributed by atoms with Gasteiger partial charge in [0, 0.05) is 6.04 Å². The minimum absolute atomic E-state index is 0.376. The Morgan fingerprint density at radius 1 is 1.25 bits per heavy atom. The monoisotopic (exact) mass is 341 g/mol. The zero-order chi connectivity index (χ0) is 15.0. The van der Waals surface area contributed by atoms with E-state index in [1.165, 1.54) is 12.0 Å². The maximum absolute atomic E-state index is 5.84. The van der Waals surface area contributed by atoms with Gasteiger partial charge < -0.3 is 10.1 Å². The molecule has 1 rings (SSSR count). The van der Waals surface area contributed by atoms with Crippen LogP contribution < -0.4 is 10.1 Å². The second kappa shape index (κ2) is 9.41. The van der Waals surface area contributed by atoms with Crippen LogP contribution in [0.4, 0.5) is 0 Å². The molecule has 0 aliphatic rings. The smallest absolute Gasteiger partial charge is 0.133 e. The molecule has 0 bridgehead atoms. The molecule has 0 aliphatic heterocycles. The van der Waals surface area contributed by atoms with Crippen molar-refractivity contribution >= 4 is 15.9 Å². The summed E-state index contributed by atoms with van der Waals surface area (Å²) in [6.45, 7) is 10.7. The van der Waals surface area contributed by atoms with Crippen LogP contribution in [0.15, 0.2) is 22.7 Å². The van der Waals surface area contributed by atoms with E-state index in [1.54, 1.807) is 0 Å². The molecule has 0 heterocycles. The van der Waals surface area contributed by atoms with Gasteiger partial charge >= 0.3 is 0 Å². The van der Waals surface area contributed by atoms with E-state index in [4.69, 9.17) is 4.74 Å². The number of ether oxygens (including phenoxy) is 1. The first-order valence-corrected chi connectivity index (χ1v) is 8.49. The van der Waals surface area contributed by atoms with Crippen molar-refractivity contribution in [3.05, 3.63) is 28.2 Å². The fourth-order valence-corrected chi connectivity index (χ4v) is 2.57. The predicted octanol–water partition coefficient (Wildman–Crippen LogP) is 5.32. The second-order valence-electron chi connectivity index (χ2n) is 5.75. The molecule has 1 N–H and O–H groups in total. The molecule has 1 unspecified atom stereocenters. The summed E-state index contributed by atoms with van der Waals surface area (Å²) in [6, 6.07) is 6.75. The van der Waals surface area contributed by atoms with E-state index in [-0.39, 0.29) is 0 Å². The summed E-state index contributed by atoms with van der Waals surface area (Å²) in [5.74, 6) is 1.69. The summed E-state index contributed by atoms with van der Waals surface area (Å²) in [5, 5.41) is 3.50. The molecule has 0 aromatic heterocycles. The van der Waals surface area contributed by atoms with Crippen molar-refractivity contribution in [1.82, 2.24) is 5.32 Å². The first-order valence-electron chi connectivity index (χ1n) is 7.70. The molecule has 0 radical (unpaired) electrons. The third-order valence-corrected chi connectivity index (χ3v) is 3.96. The quantitative estimate of drug-likeness (QED) is 0.613. The highest BCUT2D eigenvalue weighted by Gasteiger charge is 2.08. The number of nitrogens with one attached hydrogen (secondary N) is 1. The number of hydrogen-bond donors (Lipinski definition) is 1. The molecule has 20 heavy (non-hydrogen) atoms. The highest BCUT2D eigenvalue weighted by atomic mass is 79.9. The topological polar surface area (TPSA) is 21.3 Å². The van der Waals surface area contributed by atoms with Crippen molar-refractivity contribution in [2.45, 2.75) is 53.0 Å². The number of hydrogen-bond acceptors (Lipinski definition) is 2. The molecule has 0 saturated carbocycles. The fraction of sp³-hybridized carbons (Fsp3) is 0.647. The zero-order valence-corrected chi connectivity index (χ0v) is 14.8. The average molecular weight is 342 g/mol. The zero-order valence-electron chi connectivity index (χ0n) is 13.2. The Kier molecular flexibility index (Phi) is 8.24. The van der Waals surface area contributed by atoms with Gasteiger partial charge in [-0.25, -0.2) is 0 Å². The minimum Gasteiger partial charge on any atom is -0.492 e. The van der Waals surface area contributed by atoms with Crippen molar-refractivity contribution in [3.63, 3.8) is 0 Å². The van der Waals surface area contributed by atoms with E-state index >= 15 is 0 Å². The molecule has 1 atom stereocenters. The molecule has 2 nitrogen and oxygen atoms in total. The summed E-state index contributed by atoms with van der Waals surface area (Å²) >= 11 is 3.61. The Morgan fingerprint density at radius 3 is 2.60 bits per heavy atom. The summed E-state index contributed by atoms with van der Waals surface area (Å²) in [6.07, 6.45) is 3.48. The van der Waals surface area contributed by atoms with Crippen molar-refractivity contribution in [2.75, 3.05) is 13.2 Å². The molecular weight excluding hydrogens is 314 g/mol. The van der Waals surface area contributed by atoms with Crippen LogP contribution in [0.5, 0.6) is 5.75 Å². The summed E-state index contributed by atoms with van der Waals surface area (Å²) < 4.78 is 6.88. The van der Waals surface area contributed by atoms with Crippen LogP contribution in [-0.4, -0.2) is 13.2 Å². The highest BCUT2D eigenvalue weighted by molar-refractivity contribution is 9.10. The number of rotatable bonds is 9. The van der Waals surface area contributed by atoms with Crippen LogP contribution in [0, 0.1) is 5.92 Å². The Bertz CT molecular complexity index is 393. The molecule has 0 saturated heterocycles. The van der Waals surface area contributed by atoms with Gasteiger partial charge in [0.2, 0.25) is 0 Å². The Hall–Kier alpha value is -0.540. The van der Waals surface area contributed by atoms with Crippen molar-refractivity contribution < 1.29 is 4.74 Å². The SMILES string of the molecule is CCCNC(C)c1ccc(OCCCC(C)C)c(Br)c1. The van der Waals surface area contributed by atoms with Crippen LogP contribution in [0.3, 0.4) is 0 Å². The predicted molar refractivity (Wildman–Crippen MR) is 90.4 cm³/mol. The maximum Gasteiger partial charge on any atom is 0.133 e. The molecule has 0 spiro atoms. The van der Waals surface area contributed by atoms with Gasteiger partial charge in [-0.05, 0) is 72.3 Å². The molecule has 0 amide bonds. The van der Waals surface area contributed by atoms with Gasteiger partial charge in [0.1, 0.15) is 5.75 Å². The maximum atomic E-state index is 5.84. The summed E-state index contributed by atoms with van der Waals surface area (Å²) in [7, 11) is 0. The van der Waals surface area contributed by atoms with Gasteiger partial charge in [-0.15, -0.1) is 0 Å². The van der Waals surface area contributed by atoms with E-state index in [0.717, 1.165) is 42.1 Å². The van der Waals surface area contributed by atoms with E-state index in [1.807, 2.05) is 0 Å². The van der Waals surface area contributed by atoms with Crippen LogP contribution in [0.25, 0.3) is 0 Å². The van der Waals surface area contributed by atoms with E-state index < -0.39 is 0 Å². The van der Waals surface area contributed by atoms with E-state index in [2.05, 4.69) is 67.1 Å². The lowest BCUT2D eigenvalue weighted by Gasteiger charge is -2.16. The van der Waals surface area contributed by atoms with Gasteiger partial charge in [-0.3, -0.25) is 0 Å². The Balaban J connectivity index is 2.50. The molecule has 114 valence electrons. The normalized spacial score (nSPS) is 12.7. The first kappa shape index (κ1) is 17.5. The largest absolute Gasteiger partial charge is 0.492 e. The van der Waals surface area contributed by atoms with E-state index in [9.17, 15) is 0 Å². The third-order valence-electron chi connectivity index (χ3n) is 3.34. The summed E-state index contributed by atoms with van der Waals surface area (Å²) in [4.78, 5) is 0. The highest BCUT2D eigenvalue weighted by Crippen LogP contribution is 2.28. The van der Waals surface area contributed by atoms with Gasteiger partial charge in [0.15, 0.2) is 0 Å². The van der Waals surface area contributed by atoms with Crippen molar-refractivity contribution in [3.8, 4) is 5.75 Å².